The molecule has 2 N–H and O–H groups in total. The molecule has 1 aliphatic heterocycles. The van der Waals surface area contributed by atoms with Gasteiger partial charge in [-0.05, 0) is 43.5 Å². The molecule has 10 heteroatoms. The molecule has 3 rings (SSSR count). The highest BCUT2D eigenvalue weighted by atomic mass is 32.2. The predicted molar refractivity (Wildman–Crippen MR) is 129 cm³/mol. The van der Waals surface area contributed by atoms with E-state index in [1.807, 2.05) is 13.0 Å². The Morgan fingerprint density at radius 3 is 2.36 bits per heavy atom. The van der Waals surface area contributed by atoms with Gasteiger partial charge in [0.2, 0.25) is 0 Å². The predicted octanol–water partition coefficient (Wildman–Crippen LogP) is 3.78. The van der Waals surface area contributed by atoms with Crippen molar-refractivity contribution in [3.05, 3.63) is 57.6 Å². The van der Waals surface area contributed by atoms with Crippen LogP contribution in [0.5, 0.6) is 0 Å². The maximum Gasteiger partial charge on any atom is 0.293 e. The number of benzene rings is 2. The van der Waals surface area contributed by atoms with E-state index in [1.54, 1.807) is 19.1 Å². The van der Waals surface area contributed by atoms with Crippen molar-refractivity contribution < 1.29 is 18.1 Å². The van der Waals surface area contributed by atoms with Crippen LogP contribution in [-0.4, -0.2) is 57.1 Å². The molecule has 1 aliphatic rings. The Balaban J connectivity index is 1.81. The Morgan fingerprint density at radius 2 is 1.76 bits per heavy atom. The minimum Gasteiger partial charge on any atom is -0.379 e. The molecular formula is C23H32N4O5S. The smallest absolute Gasteiger partial charge is 0.293 e. The first-order chi connectivity index (χ1) is 15.6. The molecule has 0 spiro atoms. The second-order valence-electron chi connectivity index (χ2n) is 8.70. The number of nitrogens with zero attached hydrogens (tertiary/aromatic N) is 2. The normalized spacial score (nSPS) is 15.9. The van der Waals surface area contributed by atoms with Gasteiger partial charge in [-0.3, -0.25) is 19.7 Å². The van der Waals surface area contributed by atoms with Crippen LogP contribution in [0, 0.1) is 29.9 Å². The highest BCUT2D eigenvalue weighted by molar-refractivity contribution is 7.92. The molecular weight excluding hydrogens is 444 g/mol. The van der Waals surface area contributed by atoms with Crippen LogP contribution in [0.4, 0.5) is 17.1 Å². The molecule has 0 unspecified atom stereocenters. The van der Waals surface area contributed by atoms with E-state index in [0.29, 0.717) is 37.1 Å². The number of nitrogens with one attached hydrogen (secondary N) is 2. The van der Waals surface area contributed by atoms with E-state index in [1.165, 1.54) is 12.1 Å². The third kappa shape index (κ3) is 6.21. The van der Waals surface area contributed by atoms with E-state index in [4.69, 9.17) is 4.74 Å². The third-order valence-electron chi connectivity index (χ3n) is 5.89. The van der Waals surface area contributed by atoms with Gasteiger partial charge in [0.15, 0.2) is 0 Å². The molecule has 9 nitrogen and oxygen atoms in total. The van der Waals surface area contributed by atoms with Crippen molar-refractivity contribution in [3.63, 3.8) is 0 Å². The monoisotopic (exact) mass is 476 g/mol. The quantitative estimate of drug-likeness (QED) is 0.418. The fourth-order valence-electron chi connectivity index (χ4n) is 4.02. The first-order valence-electron chi connectivity index (χ1n) is 11.0. The zero-order valence-electron chi connectivity index (χ0n) is 19.5. The van der Waals surface area contributed by atoms with E-state index in [0.717, 1.165) is 30.3 Å². The number of hydrogen-bond donors (Lipinski definition) is 2. The van der Waals surface area contributed by atoms with Crippen LogP contribution in [0.3, 0.4) is 0 Å². The second kappa shape index (κ2) is 10.5. The number of aryl methyl sites for hydroxylation is 2. The van der Waals surface area contributed by atoms with Gasteiger partial charge in [-0.1, -0.05) is 31.5 Å². The Morgan fingerprint density at radius 1 is 1.09 bits per heavy atom. The summed E-state index contributed by atoms with van der Waals surface area (Å²) in [7, 11) is -3.99. The van der Waals surface area contributed by atoms with Gasteiger partial charge >= 0.3 is 0 Å². The van der Waals surface area contributed by atoms with Gasteiger partial charge in [0, 0.05) is 31.7 Å². The molecule has 2 aromatic rings. The van der Waals surface area contributed by atoms with Crippen molar-refractivity contribution in [3.8, 4) is 0 Å². The minimum absolute atomic E-state index is 0.159. The second-order valence-corrected chi connectivity index (χ2v) is 10.4. The summed E-state index contributed by atoms with van der Waals surface area (Å²) in [5.41, 5.74) is 2.25. The third-order valence-corrected chi connectivity index (χ3v) is 7.25. The van der Waals surface area contributed by atoms with E-state index in [2.05, 4.69) is 28.8 Å². The fourth-order valence-corrected chi connectivity index (χ4v) is 5.17. The van der Waals surface area contributed by atoms with E-state index < -0.39 is 14.9 Å². The molecule has 2 aromatic carbocycles. The van der Waals surface area contributed by atoms with Gasteiger partial charge in [-0.25, -0.2) is 8.42 Å². The molecule has 0 aliphatic carbocycles. The van der Waals surface area contributed by atoms with Crippen LogP contribution < -0.4 is 10.0 Å². The van der Waals surface area contributed by atoms with Crippen molar-refractivity contribution in [2.24, 2.45) is 5.92 Å². The van der Waals surface area contributed by atoms with E-state index in [9.17, 15) is 18.5 Å². The average molecular weight is 477 g/mol. The van der Waals surface area contributed by atoms with Crippen molar-refractivity contribution >= 4 is 27.1 Å². The lowest BCUT2D eigenvalue weighted by atomic mass is 10.0. The molecule has 180 valence electrons. The number of ether oxygens (including phenoxy) is 1. The number of nitro benzene ring substituents is 1. The van der Waals surface area contributed by atoms with E-state index in [-0.39, 0.29) is 16.6 Å². The van der Waals surface area contributed by atoms with Crippen LogP contribution >= 0.6 is 0 Å². The summed E-state index contributed by atoms with van der Waals surface area (Å²) >= 11 is 0. The van der Waals surface area contributed by atoms with Crippen molar-refractivity contribution in [1.29, 1.82) is 0 Å². The van der Waals surface area contributed by atoms with Gasteiger partial charge in [0.25, 0.3) is 15.7 Å². The fraction of sp³-hybridized carbons (Fsp3) is 0.478. The van der Waals surface area contributed by atoms with Crippen LogP contribution in [-0.2, 0) is 14.8 Å². The molecule has 1 saturated heterocycles. The molecule has 0 radical (unpaired) electrons. The number of hydrogen-bond acceptors (Lipinski definition) is 7. The highest BCUT2D eigenvalue weighted by Crippen LogP contribution is 2.30. The van der Waals surface area contributed by atoms with Crippen molar-refractivity contribution in [2.45, 2.75) is 38.6 Å². The van der Waals surface area contributed by atoms with Gasteiger partial charge in [0.1, 0.15) is 5.69 Å². The maximum absolute atomic E-state index is 12.9. The average Bonchev–Trinajstić information content (AvgIpc) is 2.76. The first-order valence-corrected chi connectivity index (χ1v) is 12.5. The summed E-state index contributed by atoms with van der Waals surface area (Å²) in [6.45, 7) is 11.4. The Bertz CT molecular complexity index is 1100. The van der Waals surface area contributed by atoms with Crippen LogP contribution in [0.25, 0.3) is 0 Å². The Hall–Kier alpha value is -2.69. The lowest BCUT2D eigenvalue weighted by molar-refractivity contribution is -0.384. The molecule has 1 atom stereocenters. The topological polar surface area (TPSA) is 114 Å². The van der Waals surface area contributed by atoms with Gasteiger partial charge in [-0.2, -0.15) is 0 Å². The lowest BCUT2D eigenvalue weighted by Gasteiger charge is -2.37. The molecule has 0 aromatic heterocycles. The van der Waals surface area contributed by atoms with Crippen molar-refractivity contribution in [2.75, 3.05) is 42.9 Å². The molecule has 1 fully saturated rings. The highest BCUT2D eigenvalue weighted by Gasteiger charge is 2.26. The summed E-state index contributed by atoms with van der Waals surface area (Å²) < 4.78 is 33.8. The van der Waals surface area contributed by atoms with Crippen LogP contribution in [0.15, 0.2) is 41.3 Å². The zero-order chi connectivity index (χ0) is 24.2. The molecule has 1 heterocycles. The summed E-state index contributed by atoms with van der Waals surface area (Å²) in [6, 6.07) is 9.49. The number of anilines is 2. The Kier molecular flexibility index (Phi) is 7.93. The number of sulfonamides is 1. The molecule has 0 bridgehead atoms. The number of rotatable bonds is 9. The van der Waals surface area contributed by atoms with Crippen LogP contribution in [0.2, 0.25) is 0 Å². The zero-order valence-corrected chi connectivity index (χ0v) is 20.3. The maximum atomic E-state index is 12.9. The largest absolute Gasteiger partial charge is 0.379 e. The number of morpholine rings is 1. The van der Waals surface area contributed by atoms with Crippen LogP contribution in [0.1, 0.15) is 25.0 Å². The SMILES string of the molecule is Cc1ccc(NS(=O)(=O)c2ccc(NC[C@@H](C(C)C)N3CCOCC3)c([N+](=O)[O-])c2)c(C)c1. The van der Waals surface area contributed by atoms with Crippen molar-refractivity contribution in [1.82, 2.24) is 4.90 Å². The van der Waals surface area contributed by atoms with Gasteiger partial charge < -0.3 is 10.1 Å². The summed E-state index contributed by atoms with van der Waals surface area (Å²) in [4.78, 5) is 13.4. The van der Waals surface area contributed by atoms with Gasteiger partial charge in [0.05, 0.1) is 28.7 Å². The summed E-state index contributed by atoms with van der Waals surface area (Å²) in [5, 5.41) is 14.9. The number of nitro groups is 1. The van der Waals surface area contributed by atoms with E-state index >= 15 is 0 Å². The summed E-state index contributed by atoms with van der Waals surface area (Å²) in [6.07, 6.45) is 0. The lowest BCUT2D eigenvalue weighted by Crippen LogP contribution is -2.49. The minimum atomic E-state index is -3.99. The molecule has 33 heavy (non-hydrogen) atoms. The standard InChI is InChI=1S/C23H32N4O5S/c1-16(2)23(26-9-11-32-12-10-26)15-24-21-8-6-19(14-22(21)27(28)29)33(30,31)25-20-7-5-17(3)13-18(20)4/h5-8,13-14,16,23-25H,9-12,15H2,1-4H3/t23-/m0/s1. The Labute approximate surface area is 195 Å². The first kappa shape index (κ1) is 24.9. The summed E-state index contributed by atoms with van der Waals surface area (Å²) in [5.74, 6) is 0.330. The van der Waals surface area contributed by atoms with Gasteiger partial charge in [-0.15, -0.1) is 0 Å². The molecule has 0 amide bonds. The molecule has 0 saturated carbocycles.